The van der Waals surface area contributed by atoms with Crippen molar-refractivity contribution in [2.75, 3.05) is 26.9 Å². The molecule has 0 spiro atoms. The Morgan fingerprint density at radius 2 is 2.19 bits per heavy atom. The minimum absolute atomic E-state index is 0.574. The van der Waals surface area contributed by atoms with Crippen molar-refractivity contribution in [1.82, 2.24) is 4.90 Å². The van der Waals surface area contributed by atoms with Gasteiger partial charge in [0.05, 0.1) is 11.6 Å². The number of hydrogen-bond donors (Lipinski definition) is 1. The fraction of sp³-hybridized carbons (Fsp3) is 0.500. The summed E-state index contributed by atoms with van der Waals surface area (Å²) in [6, 6.07) is 5.92. The number of halogens is 1. The Morgan fingerprint density at radius 3 is 2.75 bits per heavy atom. The Bertz CT molecular complexity index is 331. The van der Waals surface area contributed by atoms with Crippen molar-refractivity contribution < 1.29 is 4.74 Å². The molecule has 0 fully saturated rings. The van der Waals surface area contributed by atoms with Crippen LogP contribution in [0.3, 0.4) is 0 Å². The fourth-order valence-corrected chi connectivity index (χ4v) is 1.64. The van der Waals surface area contributed by atoms with Crippen LogP contribution in [-0.4, -0.2) is 31.8 Å². The van der Waals surface area contributed by atoms with Gasteiger partial charge < -0.3 is 10.5 Å². The van der Waals surface area contributed by atoms with Crippen molar-refractivity contribution in [3.05, 3.63) is 28.8 Å². The van der Waals surface area contributed by atoms with Crippen LogP contribution in [0, 0.1) is 0 Å². The first-order valence-electron chi connectivity index (χ1n) is 5.47. The van der Waals surface area contributed by atoms with Crippen molar-refractivity contribution in [1.29, 1.82) is 0 Å². The predicted octanol–water partition coefficient (Wildman–Crippen LogP) is 2.13. The number of benzene rings is 1. The fourth-order valence-electron chi connectivity index (χ4n) is 1.38. The van der Waals surface area contributed by atoms with E-state index in [2.05, 4.69) is 4.90 Å². The molecule has 0 atom stereocenters. The van der Waals surface area contributed by atoms with E-state index in [9.17, 15) is 0 Å². The molecule has 0 unspecified atom stereocenters. The third-order valence-electron chi connectivity index (χ3n) is 2.39. The molecule has 0 bridgehead atoms. The highest BCUT2D eigenvalue weighted by molar-refractivity contribution is 6.32. The van der Waals surface area contributed by atoms with Gasteiger partial charge in [-0.1, -0.05) is 17.7 Å². The summed E-state index contributed by atoms with van der Waals surface area (Å²) in [6.07, 6.45) is 0.944. The Hall–Kier alpha value is -0.770. The van der Waals surface area contributed by atoms with E-state index in [1.165, 1.54) is 5.56 Å². The molecule has 16 heavy (non-hydrogen) atoms. The molecule has 1 aromatic rings. The quantitative estimate of drug-likeness (QED) is 0.777. The zero-order valence-electron chi connectivity index (χ0n) is 9.87. The third kappa shape index (κ3) is 4.00. The lowest BCUT2D eigenvalue weighted by Gasteiger charge is -2.13. The van der Waals surface area contributed by atoms with Crippen LogP contribution in [0.5, 0.6) is 5.75 Å². The van der Waals surface area contributed by atoms with E-state index >= 15 is 0 Å². The van der Waals surface area contributed by atoms with Crippen molar-refractivity contribution in [3.8, 4) is 5.75 Å². The summed E-state index contributed by atoms with van der Waals surface area (Å²) in [4.78, 5) is 2.06. The Balaban J connectivity index is 2.59. The van der Waals surface area contributed by atoms with Crippen LogP contribution in [0.2, 0.25) is 5.02 Å². The van der Waals surface area contributed by atoms with Gasteiger partial charge in [-0.05, 0) is 38.1 Å². The number of rotatable bonds is 6. The Kier molecular flexibility index (Phi) is 5.60. The highest BCUT2D eigenvalue weighted by atomic mass is 35.5. The summed E-state index contributed by atoms with van der Waals surface area (Å²) in [5.74, 6) is 0.750. The minimum Gasteiger partial charge on any atom is -0.492 e. The molecule has 0 radical (unpaired) electrons. The third-order valence-corrected chi connectivity index (χ3v) is 2.69. The standard InChI is InChI=1S/C12H19ClN2O/c1-3-16-12-5-4-10(8-11(12)13)6-7-15(2)9-14/h4-5,8H,3,6-7,9,14H2,1-2H3. The monoisotopic (exact) mass is 242 g/mol. The lowest BCUT2D eigenvalue weighted by Crippen LogP contribution is -2.27. The van der Waals surface area contributed by atoms with Gasteiger partial charge in [0.15, 0.2) is 0 Å². The Morgan fingerprint density at radius 1 is 1.44 bits per heavy atom. The second-order valence-electron chi connectivity index (χ2n) is 3.71. The molecule has 0 amide bonds. The number of ether oxygens (including phenoxy) is 1. The molecular weight excluding hydrogens is 224 g/mol. The van der Waals surface area contributed by atoms with Crippen molar-refractivity contribution >= 4 is 11.6 Å². The molecule has 0 aliphatic carbocycles. The topological polar surface area (TPSA) is 38.5 Å². The zero-order chi connectivity index (χ0) is 12.0. The van der Waals surface area contributed by atoms with Gasteiger partial charge in [-0.3, -0.25) is 4.90 Å². The van der Waals surface area contributed by atoms with Crippen LogP contribution in [0.1, 0.15) is 12.5 Å². The maximum atomic E-state index is 6.09. The molecule has 0 aliphatic rings. The summed E-state index contributed by atoms with van der Waals surface area (Å²) in [5.41, 5.74) is 6.71. The van der Waals surface area contributed by atoms with Gasteiger partial charge in [-0.25, -0.2) is 0 Å². The smallest absolute Gasteiger partial charge is 0.137 e. The first kappa shape index (κ1) is 13.3. The number of nitrogens with zero attached hydrogens (tertiary/aromatic N) is 1. The lowest BCUT2D eigenvalue weighted by molar-refractivity contribution is 0.339. The molecule has 1 rings (SSSR count). The molecule has 0 heterocycles. The maximum absolute atomic E-state index is 6.09. The Labute approximate surface area is 102 Å². The highest BCUT2D eigenvalue weighted by Gasteiger charge is 2.03. The van der Waals surface area contributed by atoms with Crippen LogP contribution in [0.4, 0.5) is 0 Å². The summed E-state index contributed by atoms with van der Waals surface area (Å²) >= 11 is 6.09. The van der Waals surface area contributed by atoms with E-state index in [0.29, 0.717) is 18.3 Å². The summed E-state index contributed by atoms with van der Waals surface area (Å²) < 4.78 is 5.38. The van der Waals surface area contributed by atoms with Crippen LogP contribution >= 0.6 is 11.6 Å². The van der Waals surface area contributed by atoms with E-state index in [0.717, 1.165) is 18.7 Å². The summed E-state index contributed by atoms with van der Waals surface area (Å²) in [5, 5.41) is 0.676. The summed E-state index contributed by atoms with van der Waals surface area (Å²) in [7, 11) is 2.00. The molecule has 90 valence electrons. The van der Waals surface area contributed by atoms with E-state index in [1.807, 2.05) is 32.2 Å². The van der Waals surface area contributed by atoms with Gasteiger partial charge in [0.2, 0.25) is 0 Å². The molecular formula is C12H19ClN2O. The first-order valence-corrected chi connectivity index (χ1v) is 5.85. The first-order chi connectivity index (χ1) is 7.67. The van der Waals surface area contributed by atoms with Gasteiger partial charge in [-0.2, -0.15) is 0 Å². The molecule has 3 nitrogen and oxygen atoms in total. The van der Waals surface area contributed by atoms with E-state index in [1.54, 1.807) is 0 Å². The number of likely N-dealkylation sites (N-methyl/N-ethyl adjacent to an activating group) is 1. The number of nitrogens with two attached hydrogens (primary N) is 1. The molecule has 2 N–H and O–H groups in total. The van der Waals surface area contributed by atoms with Gasteiger partial charge >= 0.3 is 0 Å². The second-order valence-corrected chi connectivity index (χ2v) is 4.12. The van der Waals surface area contributed by atoms with Crippen LogP contribution in [-0.2, 0) is 6.42 Å². The van der Waals surface area contributed by atoms with Gasteiger partial charge in [0, 0.05) is 13.2 Å². The van der Waals surface area contributed by atoms with Crippen LogP contribution < -0.4 is 10.5 Å². The molecule has 0 aliphatic heterocycles. The zero-order valence-corrected chi connectivity index (χ0v) is 10.6. The van der Waals surface area contributed by atoms with E-state index < -0.39 is 0 Å². The molecule has 0 saturated heterocycles. The second kappa shape index (κ2) is 6.74. The maximum Gasteiger partial charge on any atom is 0.137 e. The highest BCUT2D eigenvalue weighted by Crippen LogP contribution is 2.25. The van der Waals surface area contributed by atoms with Crippen molar-refractivity contribution in [3.63, 3.8) is 0 Å². The summed E-state index contributed by atoms with van der Waals surface area (Å²) in [6.45, 7) is 4.08. The van der Waals surface area contributed by atoms with Gasteiger partial charge in [0.25, 0.3) is 0 Å². The molecule has 0 saturated carbocycles. The lowest BCUT2D eigenvalue weighted by atomic mass is 10.1. The average molecular weight is 243 g/mol. The minimum atomic E-state index is 0.574. The van der Waals surface area contributed by atoms with Crippen LogP contribution in [0.25, 0.3) is 0 Å². The predicted molar refractivity (Wildman–Crippen MR) is 68.0 cm³/mol. The molecule has 4 heteroatoms. The molecule has 1 aromatic carbocycles. The normalized spacial score (nSPS) is 10.8. The van der Waals surface area contributed by atoms with Gasteiger partial charge in [-0.15, -0.1) is 0 Å². The van der Waals surface area contributed by atoms with Gasteiger partial charge in [0.1, 0.15) is 5.75 Å². The van der Waals surface area contributed by atoms with Crippen molar-refractivity contribution in [2.45, 2.75) is 13.3 Å². The van der Waals surface area contributed by atoms with Crippen LogP contribution in [0.15, 0.2) is 18.2 Å². The SMILES string of the molecule is CCOc1ccc(CCN(C)CN)cc1Cl. The number of hydrogen-bond acceptors (Lipinski definition) is 3. The molecule has 0 aromatic heterocycles. The average Bonchev–Trinajstić information content (AvgIpc) is 2.29. The van der Waals surface area contributed by atoms with Crippen molar-refractivity contribution in [2.24, 2.45) is 5.73 Å². The van der Waals surface area contributed by atoms with E-state index in [4.69, 9.17) is 22.1 Å². The van der Waals surface area contributed by atoms with E-state index in [-0.39, 0.29) is 0 Å². The largest absolute Gasteiger partial charge is 0.492 e.